The minimum absolute atomic E-state index is 0.0578. The topological polar surface area (TPSA) is 134 Å². The normalized spacial score (nSPS) is 12.8. The maximum Gasteiger partial charge on any atom is 0.306 e. The maximum absolute atomic E-state index is 12.7. The fourth-order valence-corrected chi connectivity index (χ4v) is 6.30. The first-order valence-corrected chi connectivity index (χ1v) is 22.3. The summed E-state index contributed by atoms with van der Waals surface area (Å²) in [6.45, 7) is 5.05. The molecule has 8 heteroatoms. The van der Waals surface area contributed by atoms with E-state index in [-0.39, 0.29) is 31.0 Å². The van der Waals surface area contributed by atoms with E-state index in [2.05, 4.69) is 43.5 Å². The summed E-state index contributed by atoms with van der Waals surface area (Å²) in [5.41, 5.74) is 11.6. The SMILES string of the molecule is CCCCCCCC/C=C/CCCCCCCC(=O)OCC(CNC(=O)C(N)CCCCN)OC(=O)CCCCCCC/C=C/CCCCCCCC. The molecule has 5 N–H and O–H groups in total. The molecule has 0 heterocycles. The van der Waals surface area contributed by atoms with Gasteiger partial charge in [-0.2, -0.15) is 0 Å². The molecule has 0 aliphatic heterocycles. The zero-order chi connectivity index (χ0) is 38.9. The zero-order valence-corrected chi connectivity index (χ0v) is 34.7. The van der Waals surface area contributed by atoms with Crippen molar-refractivity contribution in [3.63, 3.8) is 0 Å². The molecule has 2 atom stereocenters. The number of allylic oxidation sites excluding steroid dienone is 4. The van der Waals surface area contributed by atoms with Gasteiger partial charge in [-0.3, -0.25) is 14.4 Å². The van der Waals surface area contributed by atoms with Crippen LogP contribution in [0.15, 0.2) is 24.3 Å². The van der Waals surface area contributed by atoms with Gasteiger partial charge in [0.2, 0.25) is 5.91 Å². The van der Waals surface area contributed by atoms with Crippen LogP contribution in [0.25, 0.3) is 0 Å². The van der Waals surface area contributed by atoms with Crippen molar-refractivity contribution in [3.8, 4) is 0 Å². The van der Waals surface area contributed by atoms with E-state index in [0.29, 0.717) is 25.8 Å². The van der Waals surface area contributed by atoms with Crippen LogP contribution in [0.2, 0.25) is 0 Å². The first-order chi connectivity index (χ1) is 25.9. The molecular formula is C45H85N3O5. The van der Waals surface area contributed by atoms with Gasteiger partial charge in [-0.1, -0.05) is 147 Å². The number of esters is 2. The molecule has 0 aromatic rings. The summed E-state index contributed by atoms with van der Waals surface area (Å²) in [4.78, 5) is 37.7. The van der Waals surface area contributed by atoms with Crippen molar-refractivity contribution in [2.24, 2.45) is 11.5 Å². The maximum atomic E-state index is 12.7. The number of amides is 1. The Hall–Kier alpha value is -2.19. The highest BCUT2D eigenvalue weighted by molar-refractivity contribution is 5.81. The molecule has 0 fully saturated rings. The lowest BCUT2D eigenvalue weighted by atomic mass is 10.1. The van der Waals surface area contributed by atoms with Gasteiger partial charge in [-0.15, -0.1) is 0 Å². The molecule has 0 aliphatic rings. The van der Waals surface area contributed by atoms with Gasteiger partial charge < -0.3 is 26.3 Å². The summed E-state index contributed by atoms with van der Waals surface area (Å²) < 4.78 is 11.2. The summed E-state index contributed by atoms with van der Waals surface area (Å²) >= 11 is 0. The Morgan fingerprint density at radius 1 is 0.547 bits per heavy atom. The van der Waals surface area contributed by atoms with Crippen molar-refractivity contribution >= 4 is 17.8 Å². The average Bonchev–Trinajstić information content (AvgIpc) is 3.15. The number of carbonyl (C=O) groups is 3. The van der Waals surface area contributed by atoms with Crippen LogP contribution in [-0.4, -0.2) is 49.7 Å². The number of unbranched alkanes of at least 4 members (excludes halogenated alkanes) is 23. The first kappa shape index (κ1) is 50.8. The number of carbonyl (C=O) groups excluding carboxylic acids is 3. The highest BCUT2D eigenvalue weighted by Crippen LogP contribution is 2.13. The predicted octanol–water partition coefficient (Wildman–Crippen LogP) is 11.1. The van der Waals surface area contributed by atoms with Gasteiger partial charge in [0.15, 0.2) is 6.10 Å². The van der Waals surface area contributed by atoms with Gasteiger partial charge in [-0.05, 0) is 83.6 Å². The van der Waals surface area contributed by atoms with Gasteiger partial charge in [0.05, 0.1) is 12.6 Å². The van der Waals surface area contributed by atoms with Gasteiger partial charge in [-0.25, -0.2) is 0 Å². The van der Waals surface area contributed by atoms with Crippen LogP contribution in [0.4, 0.5) is 0 Å². The molecule has 0 rings (SSSR count). The van der Waals surface area contributed by atoms with Crippen molar-refractivity contribution in [1.29, 1.82) is 0 Å². The lowest BCUT2D eigenvalue weighted by Crippen LogP contribution is -2.45. The molecule has 310 valence electrons. The molecule has 2 unspecified atom stereocenters. The van der Waals surface area contributed by atoms with E-state index in [1.807, 2.05) is 0 Å². The Labute approximate surface area is 326 Å². The number of hydrogen-bond donors (Lipinski definition) is 3. The number of nitrogens with two attached hydrogens (primary N) is 2. The molecular weight excluding hydrogens is 663 g/mol. The van der Waals surface area contributed by atoms with Crippen LogP contribution in [0, 0.1) is 0 Å². The van der Waals surface area contributed by atoms with Crippen molar-refractivity contribution in [2.75, 3.05) is 19.7 Å². The Kier molecular flexibility index (Phi) is 39.3. The van der Waals surface area contributed by atoms with Crippen LogP contribution in [0.1, 0.15) is 213 Å². The van der Waals surface area contributed by atoms with E-state index in [9.17, 15) is 14.4 Å². The monoisotopic (exact) mass is 748 g/mol. The van der Waals surface area contributed by atoms with Gasteiger partial charge in [0.1, 0.15) is 6.61 Å². The Balaban J connectivity index is 4.29. The summed E-state index contributed by atoms with van der Waals surface area (Å²) in [6, 6.07) is -0.655. The summed E-state index contributed by atoms with van der Waals surface area (Å²) in [5, 5.41) is 2.79. The highest BCUT2D eigenvalue weighted by Gasteiger charge is 2.20. The molecule has 0 saturated carbocycles. The summed E-state index contributed by atoms with van der Waals surface area (Å²) in [5.74, 6) is -0.937. The average molecular weight is 748 g/mol. The van der Waals surface area contributed by atoms with Crippen molar-refractivity contribution < 1.29 is 23.9 Å². The summed E-state index contributed by atoms with van der Waals surface area (Å²) in [7, 11) is 0. The van der Waals surface area contributed by atoms with Crippen LogP contribution in [0.3, 0.4) is 0 Å². The molecule has 0 aliphatic carbocycles. The quantitative estimate of drug-likeness (QED) is 0.0323. The molecule has 0 aromatic heterocycles. The minimum atomic E-state index is -0.746. The van der Waals surface area contributed by atoms with E-state index in [4.69, 9.17) is 20.9 Å². The predicted molar refractivity (Wildman–Crippen MR) is 224 cm³/mol. The molecule has 53 heavy (non-hydrogen) atoms. The van der Waals surface area contributed by atoms with E-state index in [0.717, 1.165) is 70.6 Å². The minimum Gasteiger partial charge on any atom is -0.462 e. The number of nitrogens with one attached hydrogen (secondary N) is 1. The fourth-order valence-electron chi connectivity index (χ4n) is 6.30. The van der Waals surface area contributed by atoms with Crippen molar-refractivity contribution in [3.05, 3.63) is 24.3 Å². The Bertz CT molecular complexity index is 893. The smallest absolute Gasteiger partial charge is 0.306 e. The lowest BCUT2D eigenvalue weighted by Gasteiger charge is -2.20. The second-order valence-electron chi connectivity index (χ2n) is 15.1. The van der Waals surface area contributed by atoms with Crippen LogP contribution < -0.4 is 16.8 Å². The van der Waals surface area contributed by atoms with Gasteiger partial charge >= 0.3 is 11.9 Å². The third-order valence-corrected chi connectivity index (χ3v) is 9.82. The number of ether oxygens (including phenoxy) is 2. The Morgan fingerprint density at radius 3 is 1.42 bits per heavy atom. The van der Waals surface area contributed by atoms with Crippen LogP contribution in [-0.2, 0) is 23.9 Å². The van der Waals surface area contributed by atoms with Crippen LogP contribution in [0.5, 0.6) is 0 Å². The van der Waals surface area contributed by atoms with Crippen LogP contribution >= 0.6 is 0 Å². The van der Waals surface area contributed by atoms with Crippen molar-refractivity contribution in [2.45, 2.75) is 225 Å². The van der Waals surface area contributed by atoms with Gasteiger partial charge in [0.25, 0.3) is 0 Å². The molecule has 0 bridgehead atoms. The molecule has 0 radical (unpaired) electrons. The molecule has 0 aromatic carbocycles. The van der Waals surface area contributed by atoms with E-state index < -0.39 is 12.1 Å². The molecule has 0 saturated heterocycles. The fraction of sp³-hybridized carbons (Fsp3) is 0.844. The molecule has 0 spiro atoms. The number of rotatable bonds is 40. The summed E-state index contributed by atoms with van der Waals surface area (Å²) in [6.07, 6.45) is 42.4. The molecule has 8 nitrogen and oxygen atoms in total. The third kappa shape index (κ3) is 37.9. The third-order valence-electron chi connectivity index (χ3n) is 9.82. The number of hydrogen-bond acceptors (Lipinski definition) is 7. The standard InChI is InChI=1S/C45H85N3O5/c1-3-5-7-9-11-13-15-17-19-21-23-25-27-29-31-36-43(49)52-40-41(39-48-45(51)42(47)35-33-34-38-46)53-44(50)37-32-30-28-26-24-22-20-18-16-14-12-10-8-6-4-2/h17-20,41-42H,3-16,21-40,46-47H2,1-2H3,(H,48,51)/b19-17+,20-18+. The van der Waals surface area contributed by atoms with Gasteiger partial charge in [0, 0.05) is 12.8 Å². The Morgan fingerprint density at radius 2 is 0.962 bits per heavy atom. The largest absolute Gasteiger partial charge is 0.462 e. The van der Waals surface area contributed by atoms with E-state index >= 15 is 0 Å². The molecule has 1 amide bonds. The second-order valence-corrected chi connectivity index (χ2v) is 15.1. The van der Waals surface area contributed by atoms with E-state index in [1.165, 1.54) is 109 Å². The highest BCUT2D eigenvalue weighted by atomic mass is 16.6. The first-order valence-electron chi connectivity index (χ1n) is 22.3. The van der Waals surface area contributed by atoms with E-state index in [1.54, 1.807) is 0 Å². The second kappa shape index (κ2) is 41.0. The lowest BCUT2D eigenvalue weighted by molar-refractivity contribution is -0.159. The zero-order valence-electron chi connectivity index (χ0n) is 34.7. The van der Waals surface area contributed by atoms with Crippen molar-refractivity contribution in [1.82, 2.24) is 5.32 Å².